The summed E-state index contributed by atoms with van der Waals surface area (Å²) in [6.07, 6.45) is 5.11. The van der Waals surface area contributed by atoms with Gasteiger partial charge in [-0.3, -0.25) is 29.8 Å². The van der Waals surface area contributed by atoms with Crippen molar-refractivity contribution in [3.63, 3.8) is 0 Å². The maximum atomic E-state index is 13.7. The van der Waals surface area contributed by atoms with E-state index in [1.165, 1.54) is 54.0 Å². The van der Waals surface area contributed by atoms with Gasteiger partial charge in [-0.2, -0.15) is 0 Å². The molecule has 57 heavy (non-hydrogen) atoms. The molecule has 0 unspecified atom stereocenters. The number of benzene rings is 2. The molecule has 4 aromatic heterocycles. The molecule has 0 atom stereocenters. The summed E-state index contributed by atoms with van der Waals surface area (Å²) in [7, 11) is 1.46. The number of rotatable bonds is 17. The maximum absolute atomic E-state index is 13.7. The van der Waals surface area contributed by atoms with Crippen molar-refractivity contribution < 1.29 is 33.8 Å². The topological polar surface area (TPSA) is 244 Å². The van der Waals surface area contributed by atoms with E-state index >= 15 is 0 Å². The summed E-state index contributed by atoms with van der Waals surface area (Å²) in [5, 5.41) is 16.8. The summed E-state index contributed by atoms with van der Waals surface area (Å²) in [4.78, 5) is 71.1. The van der Waals surface area contributed by atoms with E-state index in [0.29, 0.717) is 68.2 Å². The molecule has 0 aliphatic carbocycles. The van der Waals surface area contributed by atoms with Crippen LogP contribution in [0, 0.1) is 13.8 Å². The number of nitrogens with one attached hydrogen (secondary N) is 2. The first-order valence-corrected chi connectivity index (χ1v) is 19.7. The fourth-order valence-corrected chi connectivity index (χ4v) is 8.06. The summed E-state index contributed by atoms with van der Waals surface area (Å²) < 4.78 is 15.2. The Morgan fingerprint density at radius 2 is 1.21 bits per heavy atom. The number of amides is 4. The van der Waals surface area contributed by atoms with E-state index in [1.54, 1.807) is 9.13 Å². The number of aryl methyl sites for hydroxylation is 4. The first kappa shape index (κ1) is 40.5. The van der Waals surface area contributed by atoms with Gasteiger partial charge in [-0.15, -0.1) is 22.7 Å². The molecule has 0 saturated heterocycles. The number of ether oxygens (including phenoxy) is 2. The van der Waals surface area contributed by atoms with E-state index in [2.05, 4.69) is 25.6 Å². The summed E-state index contributed by atoms with van der Waals surface area (Å²) in [5.41, 5.74) is 14.6. The van der Waals surface area contributed by atoms with Gasteiger partial charge in [0.25, 0.3) is 11.8 Å². The summed E-state index contributed by atoms with van der Waals surface area (Å²) in [5.74, 6) is -1.18. The highest BCUT2D eigenvalue weighted by molar-refractivity contribution is 7.14. The molecule has 0 fully saturated rings. The van der Waals surface area contributed by atoms with Crippen LogP contribution >= 0.6 is 22.7 Å². The lowest BCUT2D eigenvalue weighted by molar-refractivity contribution is 0.0991. The molecule has 0 radical (unpaired) electrons. The fourth-order valence-electron chi connectivity index (χ4n) is 6.25. The van der Waals surface area contributed by atoms with E-state index < -0.39 is 17.7 Å². The molecule has 0 bridgehead atoms. The van der Waals surface area contributed by atoms with Crippen LogP contribution in [0.25, 0.3) is 22.1 Å². The standard InChI is InChI=1S/C38H42N10O7S2/c1-6-23-31(56-19(3)41-23)35(52)45-37-43-25-15-21(33(39)50)17-27(54-5)29(25)47(37)11-8-9-12-48-30-26(16-22(34(40)51)18-28(30)55-14-10-13-49)44-38(48)46-36(53)32-24(7-2)42-20(4)57-32/h8-9,15-18,49H,6-7,10-14H2,1-5H3,(H2,39,50)(H2,40,51)(H,43,45,52)(H,44,46,53)/b9-8+. The van der Waals surface area contributed by atoms with Crippen LogP contribution in [0.15, 0.2) is 36.4 Å². The van der Waals surface area contributed by atoms with Gasteiger partial charge in [0.2, 0.25) is 23.7 Å². The highest BCUT2D eigenvalue weighted by Gasteiger charge is 2.24. The summed E-state index contributed by atoms with van der Waals surface area (Å²) in [6.45, 7) is 7.85. The van der Waals surface area contributed by atoms with Crippen molar-refractivity contribution in [3.8, 4) is 11.5 Å². The van der Waals surface area contributed by atoms with Gasteiger partial charge in [0.15, 0.2) is 0 Å². The number of aromatic nitrogens is 6. The van der Waals surface area contributed by atoms with E-state index in [0.717, 1.165) is 10.0 Å². The number of fused-ring (bicyclic) bond motifs is 2. The van der Waals surface area contributed by atoms with Crippen molar-refractivity contribution in [2.45, 2.75) is 60.0 Å². The first-order valence-electron chi connectivity index (χ1n) is 18.0. The number of primary amides is 2. The number of hydrogen-bond acceptors (Lipinski definition) is 13. The Morgan fingerprint density at radius 3 is 1.63 bits per heavy atom. The molecule has 4 amide bonds. The molecular weight excluding hydrogens is 773 g/mol. The Kier molecular flexibility index (Phi) is 12.3. The lowest BCUT2D eigenvalue weighted by Gasteiger charge is -2.13. The van der Waals surface area contributed by atoms with E-state index in [4.69, 9.17) is 25.9 Å². The third-order valence-electron chi connectivity index (χ3n) is 8.85. The number of anilines is 2. The largest absolute Gasteiger partial charge is 0.494 e. The van der Waals surface area contributed by atoms with Gasteiger partial charge in [-0.1, -0.05) is 26.0 Å². The first-order chi connectivity index (χ1) is 27.4. The van der Waals surface area contributed by atoms with Crippen LogP contribution in [0.4, 0.5) is 11.9 Å². The van der Waals surface area contributed by atoms with Crippen molar-refractivity contribution in [3.05, 3.63) is 78.7 Å². The predicted molar refractivity (Wildman–Crippen MR) is 218 cm³/mol. The number of aliphatic hydroxyl groups excluding tert-OH is 1. The number of imidazole rings is 2. The van der Waals surface area contributed by atoms with E-state index in [1.807, 2.05) is 39.8 Å². The van der Waals surface area contributed by atoms with Crippen LogP contribution in [0.2, 0.25) is 0 Å². The highest BCUT2D eigenvalue weighted by atomic mass is 32.1. The second kappa shape index (κ2) is 17.3. The number of thiazole rings is 2. The Balaban J connectivity index is 1.41. The second-order valence-corrected chi connectivity index (χ2v) is 15.1. The van der Waals surface area contributed by atoms with Gasteiger partial charge in [0, 0.05) is 37.2 Å². The number of carbonyl (C=O) groups is 4. The Morgan fingerprint density at radius 1 is 0.754 bits per heavy atom. The van der Waals surface area contributed by atoms with Crippen LogP contribution in [-0.4, -0.2) is 78.1 Å². The van der Waals surface area contributed by atoms with Crippen molar-refractivity contribution in [1.82, 2.24) is 29.1 Å². The monoisotopic (exact) mass is 814 g/mol. The molecule has 0 aliphatic rings. The van der Waals surface area contributed by atoms with Gasteiger partial charge in [0.05, 0.1) is 46.2 Å². The third-order valence-corrected chi connectivity index (χ3v) is 10.9. The van der Waals surface area contributed by atoms with Gasteiger partial charge in [0.1, 0.15) is 32.3 Å². The molecule has 6 rings (SSSR count). The Hall–Kier alpha value is -6.18. The van der Waals surface area contributed by atoms with Crippen molar-refractivity contribution in [2.24, 2.45) is 11.5 Å². The molecule has 19 heteroatoms. The molecule has 0 spiro atoms. The van der Waals surface area contributed by atoms with Crippen LogP contribution < -0.4 is 31.6 Å². The minimum absolute atomic E-state index is 0.111. The minimum Gasteiger partial charge on any atom is -0.494 e. The lowest BCUT2D eigenvalue weighted by Crippen LogP contribution is -2.17. The van der Waals surface area contributed by atoms with Gasteiger partial charge in [-0.25, -0.2) is 19.9 Å². The van der Waals surface area contributed by atoms with Crippen molar-refractivity contribution >= 4 is 80.3 Å². The molecule has 4 heterocycles. The number of hydrogen-bond donors (Lipinski definition) is 5. The number of aliphatic hydroxyl groups is 1. The van der Waals surface area contributed by atoms with Gasteiger partial charge < -0.3 is 35.2 Å². The van der Waals surface area contributed by atoms with Gasteiger partial charge in [-0.05, 0) is 51.0 Å². The smallest absolute Gasteiger partial charge is 0.269 e. The third kappa shape index (κ3) is 8.49. The molecule has 298 valence electrons. The second-order valence-electron chi connectivity index (χ2n) is 12.7. The molecule has 0 saturated carbocycles. The number of nitrogens with two attached hydrogens (primary N) is 2. The molecule has 6 aromatic rings. The number of nitrogens with zero attached hydrogens (tertiary/aromatic N) is 6. The summed E-state index contributed by atoms with van der Waals surface area (Å²) >= 11 is 2.56. The summed E-state index contributed by atoms with van der Waals surface area (Å²) in [6, 6.07) is 6.07. The lowest BCUT2D eigenvalue weighted by atomic mass is 10.1. The zero-order valence-corrected chi connectivity index (χ0v) is 33.6. The SMILES string of the molecule is CCc1nc(C)sc1C(=O)Nc1nc2cc(C(N)=O)cc(OC)c2n1C/C=C/Cn1c(NC(=O)c2sc(C)nc2CC)nc2cc(C(N)=O)cc(OCCCO)c21. The molecule has 7 N–H and O–H groups in total. The molecule has 17 nitrogen and oxygen atoms in total. The van der Waals surface area contributed by atoms with Crippen LogP contribution in [0.5, 0.6) is 11.5 Å². The van der Waals surface area contributed by atoms with Crippen molar-refractivity contribution in [1.29, 1.82) is 0 Å². The highest BCUT2D eigenvalue weighted by Crippen LogP contribution is 2.34. The zero-order valence-electron chi connectivity index (χ0n) is 32.0. The fraction of sp³-hybridized carbons (Fsp3) is 0.316. The molecule has 0 aliphatic heterocycles. The number of carbonyl (C=O) groups excluding carboxylic acids is 4. The average Bonchev–Trinajstić information content (AvgIpc) is 3.95. The minimum atomic E-state index is -0.693. The Bertz CT molecular complexity index is 2550. The average molecular weight is 815 g/mol. The Labute approximate surface area is 334 Å². The van der Waals surface area contributed by atoms with E-state index in [9.17, 15) is 24.3 Å². The quantitative estimate of drug-likeness (QED) is 0.0620. The molecule has 2 aromatic carbocycles. The van der Waals surface area contributed by atoms with Crippen LogP contribution in [0.3, 0.4) is 0 Å². The predicted octanol–water partition coefficient (Wildman–Crippen LogP) is 4.77. The van der Waals surface area contributed by atoms with Crippen molar-refractivity contribution in [2.75, 3.05) is 31.0 Å². The number of methoxy groups -OCH3 is 1. The number of allylic oxidation sites excluding steroid dienone is 2. The maximum Gasteiger partial charge on any atom is 0.269 e. The van der Waals surface area contributed by atoms with Gasteiger partial charge >= 0.3 is 0 Å². The zero-order chi connectivity index (χ0) is 41.0. The van der Waals surface area contributed by atoms with Crippen LogP contribution in [0.1, 0.15) is 81.7 Å². The van der Waals surface area contributed by atoms with E-state index in [-0.39, 0.29) is 61.0 Å². The van der Waals surface area contributed by atoms with Crippen LogP contribution in [-0.2, 0) is 25.9 Å². The normalized spacial score (nSPS) is 11.5. The molecular formula is C38H42N10O7S2.